The summed E-state index contributed by atoms with van der Waals surface area (Å²) in [4.78, 5) is 21.9. The molecule has 0 atom stereocenters. The average molecular weight is 275 g/mol. The molecule has 0 radical (unpaired) electrons. The highest BCUT2D eigenvalue weighted by Gasteiger charge is 2.14. The van der Waals surface area contributed by atoms with Crippen molar-refractivity contribution in [3.8, 4) is 0 Å². The molecule has 0 aliphatic heterocycles. The topological polar surface area (TPSA) is 84.6 Å². The number of non-ortho nitro benzene ring substituents is 1. The van der Waals surface area contributed by atoms with Gasteiger partial charge >= 0.3 is 0 Å². The molecule has 20 heavy (non-hydrogen) atoms. The monoisotopic (exact) mass is 275 g/mol. The largest absolute Gasteiger partial charge is 0.271 e. The number of rotatable bonds is 3. The minimum Gasteiger partial charge on any atom is -0.267 e. The van der Waals surface area contributed by atoms with Crippen LogP contribution in [0.3, 0.4) is 0 Å². The van der Waals surface area contributed by atoms with Crippen molar-refractivity contribution in [1.29, 1.82) is 0 Å². The molecule has 1 saturated carbocycles. The molecule has 0 heterocycles. The zero-order chi connectivity index (χ0) is 14.5. The maximum absolute atomic E-state index is 11.8. The molecule has 1 amide bonds. The molecule has 0 bridgehead atoms. The van der Waals surface area contributed by atoms with Gasteiger partial charge in [-0.25, -0.2) is 5.43 Å². The minimum atomic E-state index is -0.495. The third kappa shape index (κ3) is 3.63. The molecule has 1 aliphatic carbocycles. The zero-order valence-electron chi connectivity index (χ0n) is 11.3. The summed E-state index contributed by atoms with van der Waals surface area (Å²) in [6.45, 7) is 2.21. The van der Waals surface area contributed by atoms with E-state index in [1.54, 1.807) is 0 Å². The van der Waals surface area contributed by atoms with Crippen LogP contribution < -0.4 is 5.43 Å². The normalized spacial score (nSPS) is 18.4. The van der Waals surface area contributed by atoms with Crippen LogP contribution in [-0.2, 0) is 0 Å². The van der Waals surface area contributed by atoms with Crippen molar-refractivity contribution in [1.82, 2.24) is 5.43 Å². The first kappa shape index (κ1) is 14.2. The predicted molar refractivity (Wildman–Crippen MR) is 75.6 cm³/mol. The molecule has 2 rings (SSSR count). The molecule has 0 spiro atoms. The minimum absolute atomic E-state index is 0.0332. The van der Waals surface area contributed by atoms with Crippen LogP contribution >= 0.6 is 0 Å². The van der Waals surface area contributed by atoms with Gasteiger partial charge in [-0.15, -0.1) is 0 Å². The van der Waals surface area contributed by atoms with Gasteiger partial charge in [-0.1, -0.05) is 6.92 Å². The van der Waals surface area contributed by atoms with Crippen molar-refractivity contribution < 1.29 is 9.72 Å². The lowest BCUT2D eigenvalue weighted by atomic mass is 9.90. The van der Waals surface area contributed by atoms with Crippen LogP contribution in [-0.4, -0.2) is 16.5 Å². The van der Waals surface area contributed by atoms with E-state index >= 15 is 0 Å². The molecular weight excluding hydrogens is 258 g/mol. The lowest BCUT2D eigenvalue weighted by Gasteiger charge is -2.18. The smallest absolute Gasteiger partial charge is 0.267 e. The summed E-state index contributed by atoms with van der Waals surface area (Å²) in [7, 11) is 0. The lowest BCUT2D eigenvalue weighted by Crippen LogP contribution is -2.21. The number of nitro groups is 1. The van der Waals surface area contributed by atoms with E-state index in [0.717, 1.165) is 37.3 Å². The Bertz CT molecular complexity index is 527. The Balaban J connectivity index is 1.94. The first-order valence-corrected chi connectivity index (χ1v) is 6.66. The van der Waals surface area contributed by atoms with Gasteiger partial charge in [0.2, 0.25) is 0 Å². The summed E-state index contributed by atoms with van der Waals surface area (Å²) in [5, 5.41) is 14.7. The Kier molecular flexibility index (Phi) is 4.45. The molecule has 6 nitrogen and oxygen atoms in total. The van der Waals surface area contributed by atoms with Crippen molar-refractivity contribution in [3.05, 3.63) is 39.9 Å². The van der Waals surface area contributed by atoms with Crippen LogP contribution in [0.2, 0.25) is 0 Å². The van der Waals surface area contributed by atoms with Crippen LogP contribution in [0, 0.1) is 16.0 Å². The molecule has 106 valence electrons. The number of carbonyl (C=O) groups excluding carboxylic acids is 1. The molecule has 0 unspecified atom stereocenters. The first-order chi connectivity index (χ1) is 9.56. The van der Waals surface area contributed by atoms with Gasteiger partial charge in [0.15, 0.2) is 0 Å². The highest BCUT2D eigenvalue weighted by atomic mass is 16.6. The fourth-order valence-electron chi connectivity index (χ4n) is 2.14. The van der Waals surface area contributed by atoms with Gasteiger partial charge in [0.05, 0.1) is 4.92 Å². The molecule has 1 fully saturated rings. The number of nitro benzene ring substituents is 1. The first-order valence-electron chi connectivity index (χ1n) is 6.66. The Labute approximate surface area is 117 Å². The van der Waals surface area contributed by atoms with E-state index in [4.69, 9.17) is 0 Å². The number of carbonyl (C=O) groups is 1. The van der Waals surface area contributed by atoms with Gasteiger partial charge in [-0.2, -0.15) is 5.10 Å². The number of hydrazone groups is 1. The Morgan fingerprint density at radius 3 is 2.45 bits per heavy atom. The Morgan fingerprint density at radius 1 is 1.30 bits per heavy atom. The molecule has 1 aromatic carbocycles. The van der Waals surface area contributed by atoms with Crippen LogP contribution in [0.4, 0.5) is 5.69 Å². The molecule has 0 saturated heterocycles. The summed E-state index contributed by atoms with van der Waals surface area (Å²) in [6.07, 6.45) is 4.04. The van der Waals surface area contributed by atoms with Gasteiger partial charge in [-0.3, -0.25) is 14.9 Å². The molecular formula is C14H17N3O3. The van der Waals surface area contributed by atoms with Gasteiger partial charge in [0, 0.05) is 23.4 Å². The standard InChI is InChI=1S/C14H17N3O3/c1-10-2-6-12(7-3-10)15-16-14(18)11-4-8-13(9-5-11)17(19)20/h4-5,8-10H,2-3,6-7H2,1H3,(H,16,18). The van der Waals surface area contributed by atoms with E-state index < -0.39 is 4.92 Å². The third-order valence-electron chi connectivity index (χ3n) is 3.51. The summed E-state index contributed by atoms with van der Waals surface area (Å²) in [6, 6.07) is 5.47. The van der Waals surface area contributed by atoms with Crippen molar-refractivity contribution >= 4 is 17.3 Å². The second kappa shape index (κ2) is 6.27. The summed E-state index contributed by atoms with van der Waals surface area (Å²) in [5.74, 6) is 0.380. The quantitative estimate of drug-likeness (QED) is 0.680. The lowest BCUT2D eigenvalue weighted by molar-refractivity contribution is -0.384. The van der Waals surface area contributed by atoms with E-state index in [1.807, 2.05) is 0 Å². The van der Waals surface area contributed by atoms with Crippen LogP contribution in [0.15, 0.2) is 29.4 Å². The van der Waals surface area contributed by atoms with Gasteiger partial charge in [-0.05, 0) is 43.7 Å². The second-order valence-electron chi connectivity index (χ2n) is 5.11. The van der Waals surface area contributed by atoms with E-state index in [9.17, 15) is 14.9 Å². The van der Waals surface area contributed by atoms with Crippen molar-refractivity contribution in [2.45, 2.75) is 32.6 Å². The van der Waals surface area contributed by atoms with Crippen LogP contribution in [0.1, 0.15) is 43.0 Å². The number of benzene rings is 1. The highest BCUT2D eigenvalue weighted by molar-refractivity contribution is 5.95. The maximum atomic E-state index is 11.8. The van der Waals surface area contributed by atoms with E-state index in [0.29, 0.717) is 5.56 Å². The summed E-state index contributed by atoms with van der Waals surface area (Å²) >= 11 is 0. The van der Waals surface area contributed by atoms with E-state index in [2.05, 4.69) is 17.5 Å². The zero-order valence-corrected chi connectivity index (χ0v) is 11.3. The Hall–Kier alpha value is -2.24. The number of nitrogens with zero attached hydrogens (tertiary/aromatic N) is 2. The van der Waals surface area contributed by atoms with Crippen molar-refractivity contribution in [2.75, 3.05) is 0 Å². The molecule has 6 heteroatoms. The van der Waals surface area contributed by atoms with Gasteiger partial charge < -0.3 is 0 Å². The molecule has 1 N–H and O–H groups in total. The predicted octanol–water partition coefficient (Wildman–Crippen LogP) is 2.89. The fourth-order valence-corrected chi connectivity index (χ4v) is 2.14. The van der Waals surface area contributed by atoms with Gasteiger partial charge in [0.25, 0.3) is 11.6 Å². The summed E-state index contributed by atoms with van der Waals surface area (Å²) in [5.41, 5.74) is 3.86. The number of amides is 1. The second-order valence-corrected chi connectivity index (χ2v) is 5.11. The molecule has 1 aliphatic rings. The number of hydrogen-bond donors (Lipinski definition) is 1. The fraction of sp³-hybridized carbons (Fsp3) is 0.429. The van der Waals surface area contributed by atoms with E-state index in [-0.39, 0.29) is 11.6 Å². The average Bonchev–Trinajstić information content (AvgIpc) is 2.46. The van der Waals surface area contributed by atoms with Gasteiger partial charge in [0.1, 0.15) is 0 Å². The van der Waals surface area contributed by atoms with Crippen LogP contribution in [0.5, 0.6) is 0 Å². The maximum Gasteiger partial charge on any atom is 0.271 e. The SMILES string of the molecule is CC1CCC(=NNC(=O)c2ccc([N+](=O)[O-])cc2)CC1. The third-order valence-corrected chi connectivity index (χ3v) is 3.51. The summed E-state index contributed by atoms with van der Waals surface area (Å²) < 4.78 is 0. The molecule has 0 aromatic heterocycles. The Morgan fingerprint density at radius 2 is 1.90 bits per heavy atom. The van der Waals surface area contributed by atoms with E-state index in [1.165, 1.54) is 24.3 Å². The molecule has 1 aromatic rings. The highest BCUT2D eigenvalue weighted by Crippen LogP contribution is 2.21. The number of hydrogen-bond acceptors (Lipinski definition) is 4. The number of nitrogens with one attached hydrogen (secondary N) is 1. The van der Waals surface area contributed by atoms with Crippen LogP contribution in [0.25, 0.3) is 0 Å². The van der Waals surface area contributed by atoms with Crippen molar-refractivity contribution in [2.24, 2.45) is 11.0 Å². The van der Waals surface area contributed by atoms with Crippen molar-refractivity contribution in [3.63, 3.8) is 0 Å².